The van der Waals surface area contributed by atoms with Crippen LogP contribution in [0.2, 0.25) is 5.02 Å². The zero-order valence-corrected chi connectivity index (χ0v) is 16.0. The van der Waals surface area contributed by atoms with Crippen LogP contribution in [0.5, 0.6) is 0 Å². The highest BCUT2D eigenvalue weighted by atomic mass is 35.5. The summed E-state index contributed by atoms with van der Waals surface area (Å²) in [5.41, 5.74) is 1.04. The minimum atomic E-state index is -0.989. The van der Waals surface area contributed by atoms with Crippen molar-refractivity contribution in [1.29, 1.82) is 0 Å². The van der Waals surface area contributed by atoms with Gasteiger partial charge in [-0.1, -0.05) is 95.6 Å². The highest BCUT2D eigenvalue weighted by molar-refractivity contribution is 6.34. The van der Waals surface area contributed by atoms with E-state index in [1.165, 1.54) is 77.0 Å². The number of aromatic carboxylic acids is 1. The molecule has 0 amide bonds. The summed E-state index contributed by atoms with van der Waals surface area (Å²) in [5.74, 6) is -0.989. The molecule has 1 rings (SSSR count). The van der Waals surface area contributed by atoms with E-state index in [0.717, 1.165) is 18.4 Å². The molecule has 2 N–H and O–H groups in total. The summed E-state index contributed by atoms with van der Waals surface area (Å²) in [6.45, 7) is 2.26. The number of carboxylic acid groups (broad SMARTS) is 1. The Labute approximate surface area is 152 Å². The number of carbonyl (C=O) groups is 1. The quantitative estimate of drug-likeness (QED) is 0.333. The van der Waals surface area contributed by atoms with Crippen molar-refractivity contribution in [3.63, 3.8) is 0 Å². The summed E-state index contributed by atoms with van der Waals surface area (Å²) in [4.78, 5) is 13.6. The van der Waals surface area contributed by atoms with Gasteiger partial charge in [0.25, 0.3) is 0 Å². The lowest BCUT2D eigenvalue weighted by molar-refractivity contribution is 0.0691. The van der Waals surface area contributed by atoms with Crippen molar-refractivity contribution in [2.24, 2.45) is 0 Å². The van der Waals surface area contributed by atoms with Gasteiger partial charge >= 0.3 is 5.97 Å². The van der Waals surface area contributed by atoms with E-state index >= 15 is 0 Å². The molecule has 24 heavy (non-hydrogen) atoms. The van der Waals surface area contributed by atoms with E-state index in [0.29, 0.717) is 5.02 Å². The summed E-state index contributed by atoms with van der Waals surface area (Å²) in [5, 5.41) is 9.32. The smallest absolute Gasteiger partial charge is 0.353 e. The molecule has 4 heteroatoms. The number of carboxylic acids is 1. The van der Waals surface area contributed by atoms with Gasteiger partial charge < -0.3 is 10.1 Å². The molecule has 1 aromatic heterocycles. The lowest BCUT2D eigenvalue weighted by atomic mass is 10.0. The van der Waals surface area contributed by atoms with E-state index in [-0.39, 0.29) is 5.69 Å². The van der Waals surface area contributed by atoms with Crippen LogP contribution in [-0.4, -0.2) is 16.1 Å². The SMILES string of the molecule is CCCCCCCCCCCCCCCc1c[nH]c(C(=O)O)c1Cl. The Morgan fingerprint density at radius 2 is 1.38 bits per heavy atom. The lowest BCUT2D eigenvalue weighted by Crippen LogP contribution is -1.96. The predicted molar refractivity (Wildman–Crippen MR) is 102 cm³/mol. The predicted octanol–water partition coefficient (Wildman–Crippen LogP) is 7.00. The summed E-state index contributed by atoms with van der Waals surface area (Å²) in [6.07, 6.45) is 19.9. The van der Waals surface area contributed by atoms with Gasteiger partial charge in [0.1, 0.15) is 5.69 Å². The van der Waals surface area contributed by atoms with Crippen LogP contribution >= 0.6 is 11.6 Å². The summed E-state index contributed by atoms with van der Waals surface area (Å²) in [6, 6.07) is 0. The van der Waals surface area contributed by atoms with E-state index in [2.05, 4.69) is 11.9 Å². The van der Waals surface area contributed by atoms with E-state index in [9.17, 15) is 4.79 Å². The van der Waals surface area contributed by atoms with E-state index in [1.807, 2.05) is 0 Å². The number of unbranched alkanes of at least 4 members (excludes halogenated alkanes) is 12. The van der Waals surface area contributed by atoms with Crippen molar-refractivity contribution >= 4 is 17.6 Å². The van der Waals surface area contributed by atoms with Crippen LogP contribution in [0.15, 0.2) is 6.20 Å². The third-order valence-electron chi connectivity index (χ3n) is 4.66. The van der Waals surface area contributed by atoms with Crippen LogP contribution < -0.4 is 0 Å². The van der Waals surface area contributed by atoms with Crippen molar-refractivity contribution in [1.82, 2.24) is 4.98 Å². The molecule has 0 bridgehead atoms. The minimum absolute atomic E-state index is 0.112. The molecule has 0 aliphatic carbocycles. The van der Waals surface area contributed by atoms with E-state index < -0.39 is 5.97 Å². The van der Waals surface area contributed by atoms with Gasteiger partial charge in [0.2, 0.25) is 0 Å². The summed E-state index contributed by atoms with van der Waals surface area (Å²) < 4.78 is 0. The maximum Gasteiger partial charge on any atom is 0.353 e. The van der Waals surface area contributed by atoms with Crippen molar-refractivity contribution in [2.75, 3.05) is 0 Å². The van der Waals surface area contributed by atoms with Gasteiger partial charge in [-0.25, -0.2) is 4.79 Å². The molecule has 3 nitrogen and oxygen atoms in total. The average Bonchev–Trinajstić information content (AvgIpc) is 2.93. The molecule has 1 aromatic rings. The second-order valence-electron chi connectivity index (χ2n) is 6.80. The normalized spacial score (nSPS) is 11.1. The van der Waals surface area contributed by atoms with Crippen LogP contribution in [0, 0.1) is 0 Å². The summed E-state index contributed by atoms with van der Waals surface area (Å²) in [7, 11) is 0. The third-order valence-corrected chi connectivity index (χ3v) is 5.09. The number of hydrogen-bond donors (Lipinski definition) is 2. The maximum atomic E-state index is 10.9. The number of aromatic amines is 1. The first-order chi connectivity index (χ1) is 11.7. The van der Waals surface area contributed by atoms with Crippen LogP contribution in [0.1, 0.15) is 106 Å². The molecule has 0 atom stereocenters. The molecule has 0 unspecified atom stereocenters. The lowest BCUT2D eigenvalue weighted by Gasteiger charge is -2.03. The molecule has 0 saturated carbocycles. The summed E-state index contributed by atoms with van der Waals surface area (Å²) >= 11 is 6.06. The van der Waals surface area contributed by atoms with Crippen molar-refractivity contribution in [2.45, 2.75) is 96.8 Å². The van der Waals surface area contributed by atoms with Gasteiger partial charge in [0.15, 0.2) is 0 Å². The minimum Gasteiger partial charge on any atom is -0.477 e. The second kappa shape index (κ2) is 13.3. The van der Waals surface area contributed by atoms with Crippen LogP contribution in [0.4, 0.5) is 0 Å². The number of rotatable bonds is 15. The molecule has 0 spiro atoms. The third kappa shape index (κ3) is 8.77. The molecule has 0 fully saturated rings. The average molecular weight is 356 g/mol. The van der Waals surface area contributed by atoms with Crippen molar-refractivity contribution < 1.29 is 9.90 Å². The highest BCUT2D eigenvalue weighted by Gasteiger charge is 2.14. The van der Waals surface area contributed by atoms with Gasteiger partial charge in [-0.15, -0.1) is 0 Å². The molecular weight excluding hydrogens is 322 g/mol. The van der Waals surface area contributed by atoms with E-state index in [1.54, 1.807) is 6.20 Å². The molecule has 138 valence electrons. The number of H-pyrrole nitrogens is 1. The molecule has 1 heterocycles. The standard InChI is InChI=1S/C20H34ClNO2/c1-2-3-4-5-6-7-8-9-10-11-12-13-14-15-17-16-22-19(18(17)21)20(23)24/h16,22H,2-15H2,1H3,(H,23,24). The molecule has 0 aliphatic heterocycles. The largest absolute Gasteiger partial charge is 0.477 e. The Kier molecular flexibility index (Phi) is 11.7. The van der Waals surface area contributed by atoms with Gasteiger partial charge in [-0.3, -0.25) is 0 Å². The van der Waals surface area contributed by atoms with E-state index in [4.69, 9.17) is 16.7 Å². The van der Waals surface area contributed by atoms with Crippen LogP contribution in [0.25, 0.3) is 0 Å². The molecule has 0 aliphatic rings. The highest BCUT2D eigenvalue weighted by Crippen LogP contribution is 2.23. The first-order valence-corrected chi connectivity index (χ1v) is 10.1. The zero-order chi connectivity index (χ0) is 17.6. The van der Waals surface area contributed by atoms with Crippen LogP contribution in [0.3, 0.4) is 0 Å². The number of aryl methyl sites for hydroxylation is 1. The number of nitrogens with one attached hydrogen (secondary N) is 1. The Hall–Kier alpha value is -0.960. The van der Waals surface area contributed by atoms with Crippen molar-refractivity contribution in [3.05, 3.63) is 22.5 Å². The first kappa shape index (κ1) is 21.1. The van der Waals surface area contributed by atoms with Gasteiger partial charge in [-0.2, -0.15) is 0 Å². The van der Waals surface area contributed by atoms with Crippen LogP contribution in [-0.2, 0) is 6.42 Å². The molecule has 0 aromatic carbocycles. The maximum absolute atomic E-state index is 10.9. The number of hydrogen-bond acceptors (Lipinski definition) is 1. The monoisotopic (exact) mass is 355 g/mol. The first-order valence-electron chi connectivity index (χ1n) is 9.75. The fourth-order valence-electron chi connectivity index (χ4n) is 3.12. The number of halogens is 1. The number of aromatic nitrogens is 1. The Morgan fingerprint density at radius 3 is 1.79 bits per heavy atom. The molecule has 0 radical (unpaired) electrons. The topological polar surface area (TPSA) is 53.1 Å². The van der Waals surface area contributed by atoms with Gasteiger partial charge in [0.05, 0.1) is 5.02 Å². The zero-order valence-electron chi connectivity index (χ0n) is 15.2. The molecule has 0 saturated heterocycles. The van der Waals surface area contributed by atoms with Gasteiger partial charge in [0, 0.05) is 6.20 Å². The fourth-order valence-corrected chi connectivity index (χ4v) is 3.40. The Bertz CT molecular complexity index is 456. The fraction of sp³-hybridized carbons (Fsp3) is 0.750. The molecular formula is C20H34ClNO2. The second-order valence-corrected chi connectivity index (χ2v) is 7.18. The Balaban J connectivity index is 1.91. The Morgan fingerprint density at radius 1 is 0.917 bits per heavy atom. The van der Waals surface area contributed by atoms with Crippen molar-refractivity contribution in [3.8, 4) is 0 Å². The van der Waals surface area contributed by atoms with Gasteiger partial charge in [-0.05, 0) is 18.4 Å².